The lowest BCUT2D eigenvalue weighted by molar-refractivity contribution is 0.312. The third-order valence-electron chi connectivity index (χ3n) is 5.34. The maximum Gasteiger partial charge on any atom is 0.191 e. The number of nitrogens with one attached hydrogen (secondary N) is 2. The van der Waals surface area contributed by atoms with Gasteiger partial charge in [-0.25, -0.2) is 9.98 Å². The number of nitrogens with zero attached hydrogens (tertiary/aromatic N) is 6. The van der Waals surface area contributed by atoms with Crippen molar-refractivity contribution in [3.8, 4) is 0 Å². The standard InChI is InChI=1S/C22H36N8/c1-5-23-22(24-9-6-10-30-19(3)15-18(2)27-30)26-17-20-7-8-21(25-16-20)29-13-11-28(4)12-14-29/h7-8,15-16H,5-6,9-14,17H2,1-4H3,(H2,23,24,26). The van der Waals surface area contributed by atoms with E-state index in [1.807, 2.05) is 13.1 Å². The number of aryl methyl sites for hydroxylation is 3. The molecule has 0 amide bonds. The Morgan fingerprint density at radius 1 is 1.13 bits per heavy atom. The van der Waals surface area contributed by atoms with Gasteiger partial charge in [0.25, 0.3) is 0 Å². The summed E-state index contributed by atoms with van der Waals surface area (Å²) in [5, 5.41) is 11.3. The Morgan fingerprint density at radius 3 is 2.57 bits per heavy atom. The monoisotopic (exact) mass is 412 g/mol. The van der Waals surface area contributed by atoms with E-state index in [1.165, 1.54) is 5.69 Å². The van der Waals surface area contributed by atoms with E-state index in [4.69, 9.17) is 4.99 Å². The Balaban J connectivity index is 1.47. The van der Waals surface area contributed by atoms with Crippen LogP contribution in [0.1, 0.15) is 30.3 Å². The molecule has 1 saturated heterocycles. The third-order valence-corrected chi connectivity index (χ3v) is 5.34. The molecule has 0 radical (unpaired) electrons. The summed E-state index contributed by atoms with van der Waals surface area (Å²) in [5.41, 5.74) is 3.40. The van der Waals surface area contributed by atoms with E-state index in [-0.39, 0.29) is 0 Å². The Hall–Kier alpha value is -2.61. The van der Waals surface area contributed by atoms with Crippen LogP contribution in [0, 0.1) is 13.8 Å². The Labute approximate surface area is 180 Å². The molecule has 3 heterocycles. The van der Waals surface area contributed by atoms with Gasteiger partial charge >= 0.3 is 0 Å². The van der Waals surface area contributed by atoms with Crippen LogP contribution in [0.15, 0.2) is 29.4 Å². The van der Waals surface area contributed by atoms with Crippen LogP contribution in [-0.4, -0.2) is 71.9 Å². The normalized spacial score (nSPS) is 15.5. The number of pyridine rings is 1. The average molecular weight is 413 g/mol. The summed E-state index contributed by atoms with van der Waals surface area (Å²) in [7, 11) is 2.17. The zero-order valence-corrected chi connectivity index (χ0v) is 18.9. The summed E-state index contributed by atoms with van der Waals surface area (Å²) in [5.74, 6) is 1.90. The minimum Gasteiger partial charge on any atom is -0.357 e. The van der Waals surface area contributed by atoms with Crippen LogP contribution in [0.4, 0.5) is 5.82 Å². The lowest BCUT2D eigenvalue weighted by Gasteiger charge is -2.33. The fourth-order valence-corrected chi connectivity index (χ4v) is 3.58. The van der Waals surface area contributed by atoms with Crippen molar-refractivity contribution in [2.45, 2.75) is 40.3 Å². The predicted molar refractivity (Wildman–Crippen MR) is 123 cm³/mol. The van der Waals surface area contributed by atoms with Crippen LogP contribution in [0.25, 0.3) is 0 Å². The molecule has 2 aromatic rings. The minimum atomic E-state index is 0.614. The molecule has 0 aromatic carbocycles. The number of likely N-dealkylation sites (N-methyl/N-ethyl adjacent to an activating group) is 1. The van der Waals surface area contributed by atoms with Gasteiger partial charge in [0, 0.05) is 57.7 Å². The quantitative estimate of drug-likeness (QED) is 0.391. The first-order valence-corrected chi connectivity index (χ1v) is 11.0. The van der Waals surface area contributed by atoms with E-state index in [1.54, 1.807) is 0 Å². The molecule has 2 aromatic heterocycles. The van der Waals surface area contributed by atoms with E-state index >= 15 is 0 Å². The summed E-state index contributed by atoms with van der Waals surface area (Å²) >= 11 is 0. The summed E-state index contributed by atoms with van der Waals surface area (Å²) < 4.78 is 2.06. The van der Waals surface area contributed by atoms with Crippen molar-refractivity contribution in [1.29, 1.82) is 0 Å². The number of hydrogen-bond donors (Lipinski definition) is 2. The second-order valence-electron chi connectivity index (χ2n) is 7.94. The van der Waals surface area contributed by atoms with Crippen LogP contribution in [0.3, 0.4) is 0 Å². The van der Waals surface area contributed by atoms with Crippen molar-refractivity contribution in [1.82, 2.24) is 30.3 Å². The topological polar surface area (TPSA) is 73.6 Å². The number of aromatic nitrogens is 3. The van der Waals surface area contributed by atoms with E-state index in [0.717, 1.165) is 75.3 Å². The van der Waals surface area contributed by atoms with Gasteiger partial charge < -0.3 is 20.4 Å². The molecular weight excluding hydrogens is 376 g/mol. The average Bonchev–Trinajstić information content (AvgIpc) is 3.07. The molecule has 1 aliphatic rings. The van der Waals surface area contributed by atoms with Gasteiger partial charge in [-0.15, -0.1) is 0 Å². The molecule has 0 unspecified atom stereocenters. The van der Waals surface area contributed by atoms with Gasteiger partial charge in [0.1, 0.15) is 5.82 Å². The van der Waals surface area contributed by atoms with E-state index in [0.29, 0.717) is 6.54 Å². The second kappa shape index (κ2) is 11.0. The fourth-order valence-electron chi connectivity index (χ4n) is 3.58. The molecule has 0 aliphatic carbocycles. The van der Waals surface area contributed by atoms with Crippen molar-refractivity contribution in [3.05, 3.63) is 41.3 Å². The van der Waals surface area contributed by atoms with Crippen molar-refractivity contribution in [2.24, 2.45) is 4.99 Å². The van der Waals surface area contributed by atoms with Crippen LogP contribution < -0.4 is 15.5 Å². The molecule has 1 fully saturated rings. The number of piperazine rings is 1. The molecule has 1 aliphatic heterocycles. The number of aliphatic imine (C=N–C) groups is 1. The van der Waals surface area contributed by atoms with Gasteiger partial charge in [-0.2, -0.15) is 5.10 Å². The highest BCUT2D eigenvalue weighted by atomic mass is 15.3. The molecule has 0 bridgehead atoms. The van der Waals surface area contributed by atoms with Gasteiger partial charge in [-0.3, -0.25) is 4.68 Å². The van der Waals surface area contributed by atoms with Crippen molar-refractivity contribution in [3.63, 3.8) is 0 Å². The Bertz CT molecular complexity index is 803. The third kappa shape index (κ3) is 6.45. The molecule has 2 N–H and O–H groups in total. The summed E-state index contributed by atoms with van der Waals surface area (Å²) in [6.07, 6.45) is 2.94. The molecule has 30 heavy (non-hydrogen) atoms. The van der Waals surface area contributed by atoms with Crippen molar-refractivity contribution in [2.75, 3.05) is 51.2 Å². The fraction of sp³-hybridized carbons (Fsp3) is 0.591. The zero-order chi connectivity index (χ0) is 21.3. The molecule has 3 rings (SSSR count). The van der Waals surface area contributed by atoms with Gasteiger partial charge in [0.15, 0.2) is 5.96 Å². The summed E-state index contributed by atoms with van der Waals surface area (Å²) in [4.78, 5) is 14.1. The van der Waals surface area contributed by atoms with Crippen LogP contribution >= 0.6 is 0 Å². The SMILES string of the molecule is CCNC(=NCc1ccc(N2CCN(C)CC2)nc1)NCCCn1nc(C)cc1C. The maximum atomic E-state index is 4.71. The molecule has 0 spiro atoms. The number of anilines is 1. The lowest BCUT2D eigenvalue weighted by Crippen LogP contribution is -2.44. The summed E-state index contributed by atoms with van der Waals surface area (Å²) in [6, 6.07) is 6.36. The smallest absolute Gasteiger partial charge is 0.191 e. The maximum absolute atomic E-state index is 4.71. The lowest BCUT2D eigenvalue weighted by atomic mass is 10.2. The van der Waals surface area contributed by atoms with E-state index < -0.39 is 0 Å². The first kappa shape index (κ1) is 22.1. The van der Waals surface area contributed by atoms with E-state index in [9.17, 15) is 0 Å². The number of guanidine groups is 1. The highest BCUT2D eigenvalue weighted by Gasteiger charge is 2.14. The predicted octanol–water partition coefficient (Wildman–Crippen LogP) is 1.79. The highest BCUT2D eigenvalue weighted by molar-refractivity contribution is 5.79. The van der Waals surface area contributed by atoms with Gasteiger partial charge in [-0.1, -0.05) is 6.07 Å². The first-order valence-electron chi connectivity index (χ1n) is 11.0. The number of hydrogen-bond acceptors (Lipinski definition) is 5. The molecule has 164 valence electrons. The largest absolute Gasteiger partial charge is 0.357 e. The molecule has 0 atom stereocenters. The molecular formula is C22H36N8. The van der Waals surface area contributed by atoms with Gasteiger partial charge in [-0.05, 0) is 51.9 Å². The van der Waals surface area contributed by atoms with E-state index in [2.05, 4.69) is 74.3 Å². The molecule has 0 saturated carbocycles. The molecule has 8 heteroatoms. The number of rotatable bonds is 8. The van der Waals surface area contributed by atoms with Crippen molar-refractivity contribution < 1.29 is 0 Å². The van der Waals surface area contributed by atoms with Gasteiger partial charge in [0.2, 0.25) is 0 Å². The van der Waals surface area contributed by atoms with Crippen LogP contribution in [0.2, 0.25) is 0 Å². The minimum absolute atomic E-state index is 0.614. The Morgan fingerprint density at radius 2 is 1.93 bits per heavy atom. The Kier molecular flexibility index (Phi) is 8.07. The highest BCUT2D eigenvalue weighted by Crippen LogP contribution is 2.14. The van der Waals surface area contributed by atoms with Crippen molar-refractivity contribution >= 4 is 11.8 Å². The zero-order valence-electron chi connectivity index (χ0n) is 18.9. The molecule has 8 nitrogen and oxygen atoms in total. The summed E-state index contributed by atoms with van der Waals surface area (Å²) in [6.45, 7) is 13.7. The van der Waals surface area contributed by atoms with Crippen LogP contribution in [-0.2, 0) is 13.1 Å². The first-order chi connectivity index (χ1) is 14.5. The van der Waals surface area contributed by atoms with Gasteiger partial charge in [0.05, 0.1) is 12.2 Å². The second-order valence-corrected chi connectivity index (χ2v) is 7.94. The van der Waals surface area contributed by atoms with Crippen LogP contribution in [0.5, 0.6) is 0 Å².